The number of aromatic hydroxyl groups is 1. The summed E-state index contributed by atoms with van der Waals surface area (Å²) in [5.41, 5.74) is 3.58. The number of carbonyl (C=O) groups excluding carboxylic acids is 1. The minimum Gasteiger partial charge on any atom is -0.508 e. The molecule has 4 bridgehead atoms. The first-order chi connectivity index (χ1) is 17.4. The minimum absolute atomic E-state index is 0.0972. The van der Waals surface area contributed by atoms with Gasteiger partial charge in [-0.05, 0) is 97.4 Å². The molecule has 0 amide bonds. The van der Waals surface area contributed by atoms with Crippen molar-refractivity contribution in [2.75, 3.05) is 0 Å². The molecule has 36 heavy (non-hydrogen) atoms. The van der Waals surface area contributed by atoms with Gasteiger partial charge < -0.3 is 9.84 Å². The Morgan fingerprint density at radius 1 is 0.944 bits per heavy atom. The van der Waals surface area contributed by atoms with E-state index in [4.69, 9.17) is 4.74 Å². The third-order valence-corrected chi connectivity index (χ3v) is 8.17. The molecule has 4 saturated carbocycles. The summed E-state index contributed by atoms with van der Waals surface area (Å²) in [6.45, 7) is 7.95. The maximum atomic E-state index is 11.4. The van der Waals surface area contributed by atoms with E-state index in [1.54, 1.807) is 12.1 Å². The molecule has 0 aliphatic heterocycles. The fourth-order valence-corrected chi connectivity index (χ4v) is 6.50. The van der Waals surface area contributed by atoms with Crippen molar-refractivity contribution >= 4 is 18.1 Å². The topological polar surface area (TPSA) is 46.5 Å². The molecule has 4 aliphatic carbocycles. The molecule has 4 aliphatic rings. The van der Waals surface area contributed by atoms with E-state index in [9.17, 15) is 9.90 Å². The number of hydrogen-bond acceptors (Lipinski definition) is 3. The predicted octanol–water partition coefficient (Wildman–Crippen LogP) is 8.32. The van der Waals surface area contributed by atoms with Crippen LogP contribution in [0.2, 0.25) is 0 Å². The molecule has 0 aromatic heterocycles. The van der Waals surface area contributed by atoms with Crippen LogP contribution in [0.25, 0.3) is 12.2 Å². The van der Waals surface area contributed by atoms with Gasteiger partial charge >= 0.3 is 5.97 Å². The Morgan fingerprint density at radius 3 is 1.86 bits per heavy atom. The first kappa shape index (κ1) is 26.0. The number of esters is 1. The highest BCUT2D eigenvalue weighted by Crippen LogP contribution is 2.57. The number of carbonyl (C=O) groups is 1. The molecular weight excluding hydrogens is 444 g/mol. The number of benzene rings is 2. The van der Waals surface area contributed by atoms with Gasteiger partial charge in [-0.25, -0.2) is 4.79 Å². The molecule has 0 saturated heterocycles. The lowest BCUT2D eigenvalue weighted by Crippen LogP contribution is -2.52. The Balaban J connectivity index is 0.000000178. The Bertz CT molecular complexity index is 1040. The Kier molecular flexibility index (Phi) is 8.51. The molecule has 3 heteroatoms. The average molecular weight is 485 g/mol. The summed E-state index contributed by atoms with van der Waals surface area (Å²) in [5, 5.41) is 9.22. The van der Waals surface area contributed by atoms with Crippen molar-refractivity contribution in [1.82, 2.24) is 0 Å². The molecule has 4 fully saturated rings. The van der Waals surface area contributed by atoms with Crippen molar-refractivity contribution in [2.45, 2.75) is 70.3 Å². The van der Waals surface area contributed by atoms with Gasteiger partial charge in [0, 0.05) is 6.08 Å². The van der Waals surface area contributed by atoms with Crippen molar-refractivity contribution in [3.8, 4) is 5.75 Å². The normalized spacial score (nSPS) is 27.0. The smallest absolute Gasteiger partial charge is 0.330 e. The molecule has 0 spiro atoms. The lowest BCUT2D eigenvalue weighted by molar-refractivity contribution is -0.181. The van der Waals surface area contributed by atoms with E-state index in [0.717, 1.165) is 42.6 Å². The monoisotopic (exact) mass is 484 g/mol. The molecule has 6 rings (SSSR count). The van der Waals surface area contributed by atoms with Crippen LogP contribution in [0, 0.1) is 17.8 Å². The zero-order chi connectivity index (χ0) is 25.5. The molecular formula is C33H40O3. The first-order valence-corrected chi connectivity index (χ1v) is 13.5. The SMILES string of the molecule is C=CC(=O)OC12CC3CC(CC(C3)C1)C2.CCC(C)c1ccc(C=CC=Cc2ccc(O)cc2)cc1. The van der Waals surface area contributed by atoms with Gasteiger partial charge in [-0.2, -0.15) is 0 Å². The number of phenols is 1. The van der Waals surface area contributed by atoms with E-state index in [1.165, 1.54) is 42.9 Å². The Hall–Kier alpha value is -3.07. The van der Waals surface area contributed by atoms with Crippen LogP contribution in [0.15, 0.2) is 73.3 Å². The van der Waals surface area contributed by atoms with Crippen LogP contribution in [-0.2, 0) is 9.53 Å². The summed E-state index contributed by atoms with van der Waals surface area (Å²) in [4.78, 5) is 11.4. The van der Waals surface area contributed by atoms with Gasteiger partial charge in [0.15, 0.2) is 0 Å². The highest BCUT2D eigenvalue weighted by atomic mass is 16.6. The molecule has 1 unspecified atom stereocenters. The summed E-state index contributed by atoms with van der Waals surface area (Å²) in [6, 6.07) is 15.9. The second kappa shape index (κ2) is 11.8. The zero-order valence-electron chi connectivity index (χ0n) is 21.7. The summed E-state index contributed by atoms with van der Waals surface area (Å²) in [5.74, 6) is 3.18. The van der Waals surface area contributed by atoms with Crippen molar-refractivity contribution in [2.24, 2.45) is 17.8 Å². The van der Waals surface area contributed by atoms with Crippen LogP contribution in [-0.4, -0.2) is 16.7 Å². The van der Waals surface area contributed by atoms with Crippen LogP contribution in [0.5, 0.6) is 5.75 Å². The summed E-state index contributed by atoms with van der Waals surface area (Å²) in [6.07, 6.45) is 18.1. The predicted molar refractivity (Wildman–Crippen MR) is 149 cm³/mol. The molecule has 2 aromatic rings. The number of hydrogen-bond donors (Lipinski definition) is 1. The molecule has 1 atom stereocenters. The molecule has 2 aromatic carbocycles. The third-order valence-electron chi connectivity index (χ3n) is 8.17. The van der Waals surface area contributed by atoms with Gasteiger partial charge in [-0.15, -0.1) is 0 Å². The summed E-state index contributed by atoms with van der Waals surface area (Å²) < 4.78 is 5.64. The molecule has 1 N–H and O–H groups in total. The van der Waals surface area contributed by atoms with Gasteiger partial charge in [0.25, 0.3) is 0 Å². The summed E-state index contributed by atoms with van der Waals surface area (Å²) >= 11 is 0. The fraction of sp³-hybridized carbons (Fsp3) is 0.424. The second-order valence-electron chi connectivity index (χ2n) is 11.0. The third kappa shape index (κ3) is 6.78. The lowest BCUT2D eigenvalue weighted by Gasteiger charge is -2.55. The van der Waals surface area contributed by atoms with E-state index in [1.807, 2.05) is 30.4 Å². The number of phenolic OH excluding ortho intramolecular Hbond substituents is 1. The Morgan fingerprint density at radius 2 is 1.42 bits per heavy atom. The zero-order valence-corrected chi connectivity index (χ0v) is 21.7. The lowest BCUT2D eigenvalue weighted by atomic mass is 9.54. The van der Waals surface area contributed by atoms with E-state index >= 15 is 0 Å². The van der Waals surface area contributed by atoms with E-state index in [-0.39, 0.29) is 11.6 Å². The van der Waals surface area contributed by atoms with Crippen molar-refractivity contribution in [1.29, 1.82) is 0 Å². The van der Waals surface area contributed by atoms with Gasteiger partial charge in [0.1, 0.15) is 11.4 Å². The van der Waals surface area contributed by atoms with Crippen LogP contribution in [0.3, 0.4) is 0 Å². The first-order valence-electron chi connectivity index (χ1n) is 13.5. The van der Waals surface area contributed by atoms with Gasteiger partial charge in [-0.1, -0.05) is 81.1 Å². The highest BCUT2D eigenvalue weighted by Gasteiger charge is 2.52. The van der Waals surface area contributed by atoms with E-state index < -0.39 is 0 Å². The maximum absolute atomic E-state index is 11.4. The molecule has 0 heterocycles. The van der Waals surface area contributed by atoms with E-state index in [0.29, 0.717) is 11.7 Å². The van der Waals surface area contributed by atoms with Crippen molar-refractivity contribution in [3.05, 3.63) is 90.0 Å². The summed E-state index contributed by atoms with van der Waals surface area (Å²) in [7, 11) is 0. The number of allylic oxidation sites excluding steroid dienone is 2. The average Bonchev–Trinajstić information content (AvgIpc) is 2.87. The van der Waals surface area contributed by atoms with Crippen LogP contribution in [0.4, 0.5) is 0 Å². The second-order valence-corrected chi connectivity index (χ2v) is 11.0. The van der Waals surface area contributed by atoms with Crippen LogP contribution < -0.4 is 0 Å². The van der Waals surface area contributed by atoms with E-state index in [2.05, 4.69) is 50.8 Å². The number of rotatable bonds is 7. The van der Waals surface area contributed by atoms with Gasteiger partial charge in [0.2, 0.25) is 0 Å². The molecule has 0 radical (unpaired) electrons. The maximum Gasteiger partial charge on any atom is 0.330 e. The number of ether oxygens (including phenoxy) is 1. The van der Waals surface area contributed by atoms with Crippen LogP contribution >= 0.6 is 0 Å². The molecule has 3 nitrogen and oxygen atoms in total. The largest absolute Gasteiger partial charge is 0.508 e. The quantitative estimate of drug-likeness (QED) is 0.244. The van der Waals surface area contributed by atoms with Gasteiger partial charge in [-0.3, -0.25) is 0 Å². The van der Waals surface area contributed by atoms with Crippen molar-refractivity contribution < 1.29 is 14.6 Å². The highest BCUT2D eigenvalue weighted by molar-refractivity contribution is 5.81. The van der Waals surface area contributed by atoms with Crippen LogP contribution in [0.1, 0.15) is 81.4 Å². The molecule has 190 valence electrons. The fourth-order valence-electron chi connectivity index (χ4n) is 6.50. The minimum atomic E-state index is -0.225. The Labute approximate surface area is 216 Å². The van der Waals surface area contributed by atoms with Crippen molar-refractivity contribution in [3.63, 3.8) is 0 Å². The van der Waals surface area contributed by atoms with Gasteiger partial charge in [0.05, 0.1) is 0 Å². The standard InChI is InChI=1S/C20H22O.C13H18O2/c1-3-16(2)19-12-8-17(9-13-19)6-4-5-7-18-10-14-20(21)15-11-18;1-2-12(14)15-13-6-9-3-10(7-13)5-11(4-9)8-13/h4-16,21H,3H2,1-2H3;2,9-11H,1,3-8H2.